The molecule has 0 N–H and O–H groups in total. The van der Waals surface area contributed by atoms with Gasteiger partial charge >= 0.3 is 0 Å². The number of aryl methyl sites for hydroxylation is 1. The minimum absolute atomic E-state index is 0.212. The summed E-state index contributed by atoms with van der Waals surface area (Å²) in [6, 6.07) is 6.13. The first-order valence-corrected chi connectivity index (χ1v) is 7.39. The molecule has 2 aliphatic rings. The Bertz CT molecular complexity index is 512. The maximum Gasteiger partial charge on any atom is 0.272 e. The van der Waals surface area contributed by atoms with Crippen molar-refractivity contribution in [3.8, 4) is 0 Å². The molecule has 1 aromatic rings. The van der Waals surface area contributed by atoms with Gasteiger partial charge in [-0.1, -0.05) is 0 Å². The van der Waals surface area contributed by atoms with Crippen molar-refractivity contribution in [2.24, 2.45) is 0 Å². The number of nitro benzene ring substituents is 1. The summed E-state index contributed by atoms with van der Waals surface area (Å²) in [4.78, 5) is 15.5. The fourth-order valence-corrected chi connectivity index (χ4v) is 3.42. The first kappa shape index (κ1) is 13.4. The van der Waals surface area contributed by atoms with Gasteiger partial charge in [0.2, 0.25) is 0 Å². The molecule has 0 aromatic heterocycles. The Hall–Kier alpha value is -1.62. The highest BCUT2D eigenvalue weighted by molar-refractivity contribution is 5.56. The van der Waals surface area contributed by atoms with Crippen LogP contribution in [0.3, 0.4) is 0 Å². The fourth-order valence-electron chi connectivity index (χ4n) is 3.42. The van der Waals surface area contributed by atoms with E-state index in [1.807, 2.05) is 19.1 Å². The Morgan fingerprint density at radius 2 is 2.00 bits per heavy atom. The zero-order chi connectivity index (χ0) is 14.1. The summed E-state index contributed by atoms with van der Waals surface area (Å²) in [5, 5.41) is 10.9. The summed E-state index contributed by atoms with van der Waals surface area (Å²) in [5.41, 5.74) is 2.08. The number of rotatable bonds is 3. The van der Waals surface area contributed by atoms with Crippen LogP contribution in [-0.2, 0) is 0 Å². The SMILES string of the molecule is Cc1cc(N2CCC(N3CCCC3)C2)ccc1[N+](=O)[O-]. The van der Waals surface area contributed by atoms with Crippen molar-refractivity contribution in [3.63, 3.8) is 0 Å². The summed E-state index contributed by atoms with van der Waals surface area (Å²) >= 11 is 0. The second-order valence-corrected chi connectivity index (χ2v) is 5.86. The van der Waals surface area contributed by atoms with Crippen LogP contribution in [0.25, 0.3) is 0 Å². The molecule has 5 nitrogen and oxygen atoms in total. The topological polar surface area (TPSA) is 49.6 Å². The monoisotopic (exact) mass is 275 g/mol. The van der Waals surface area contributed by atoms with Crippen LogP contribution in [0.4, 0.5) is 11.4 Å². The Balaban J connectivity index is 1.71. The maximum absolute atomic E-state index is 10.9. The van der Waals surface area contributed by atoms with Crippen molar-refractivity contribution < 1.29 is 4.92 Å². The van der Waals surface area contributed by atoms with E-state index in [4.69, 9.17) is 0 Å². The third-order valence-corrected chi connectivity index (χ3v) is 4.56. The Labute approximate surface area is 119 Å². The first-order valence-electron chi connectivity index (χ1n) is 7.39. The van der Waals surface area contributed by atoms with Crippen LogP contribution >= 0.6 is 0 Å². The molecule has 2 saturated heterocycles. The lowest BCUT2D eigenvalue weighted by Gasteiger charge is -2.24. The van der Waals surface area contributed by atoms with Crippen molar-refractivity contribution in [2.75, 3.05) is 31.1 Å². The molecule has 0 amide bonds. The highest BCUT2D eigenvalue weighted by Crippen LogP contribution is 2.28. The lowest BCUT2D eigenvalue weighted by atomic mass is 10.1. The Morgan fingerprint density at radius 3 is 2.65 bits per heavy atom. The van der Waals surface area contributed by atoms with E-state index in [9.17, 15) is 10.1 Å². The molecule has 3 rings (SSSR count). The quantitative estimate of drug-likeness (QED) is 0.628. The molecule has 0 aliphatic carbocycles. The van der Waals surface area contributed by atoms with Crippen LogP contribution in [0.5, 0.6) is 0 Å². The lowest BCUT2D eigenvalue weighted by molar-refractivity contribution is -0.385. The molecule has 108 valence electrons. The van der Waals surface area contributed by atoms with Gasteiger partial charge in [0.05, 0.1) is 4.92 Å². The Kier molecular flexibility index (Phi) is 3.61. The zero-order valence-corrected chi connectivity index (χ0v) is 11.9. The van der Waals surface area contributed by atoms with Gasteiger partial charge in [0, 0.05) is 36.4 Å². The highest BCUT2D eigenvalue weighted by atomic mass is 16.6. The molecule has 1 atom stereocenters. The number of anilines is 1. The van der Waals surface area contributed by atoms with E-state index in [1.54, 1.807) is 6.07 Å². The maximum atomic E-state index is 10.9. The average molecular weight is 275 g/mol. The van der Waals surface area contributed by atoms with Gasteiger partial charge < -0.3 is 4.90 Å². The van der Waals surface area contributed by atoms with Gasteiger partial charge in [-0.25, -0.2) is 0 Å². The van der Waals surface area contributed by atoms with E-state index < -0.39 is 0 Å². The van der Waals surface area contributed by atoms with Gasteiger partial charge in [-0.05, 0) is 51.4 Å². The first-order chi connectivity index (χ1) is 9.65. The van der Waals surface area contributed by atoms with Crippen molar-refractivity contribution >= 4 is 11.4 Å². The largest absolute Gasteiger partial charge is 0.370 e. The molecular formula is C15H21N3O2. The number of nitrogens with zero attached hydrogens (tertiary/aromatic N) is 3. The summed E-state index contributed by atoms with van der Waals surface area (Å²) in [6.07, 6.45) is 3.86. The average Bonchev–Trinajstić information content (AvgIpc) is 3.09. The normalized spacial score (nSPS) is 23.4. The van der Waals surface area contributed by atoms with Crippen LogP contribution in [0.2, 0.25) is 0 Å². The van der Waals surface area contributed by atoms with Crippen molar-refractivity contribution in [1.82, 2.24) is 4.90 Å². The van der Waals surface area contributed by atoms with Gasteiger partial charge in [-0.3, -0.25) is 15.0 Å². The minimum atomic E-state index is -0.309. The van der Waals surface area contributed by atoms with Crippen molar-refractivity contribution in [3.05, 3.63) is 33.9 Å². The molecule has 1 aromatic carbocycles. The van der Waals surface area contributed by atoms with Gasteiger partial charge in [0.1, 0.15) is 0 Å². The second kappa shape index (κ2) is 5.40. The second-order valence-electron chi connectivity index (χ2n) is 5.86. The standard InChI is InChI=1S/C15H21N3O2/c1-12-10-13(4-5-15(12)18(19)20)17-9-6-14(11-17)16-7-2-3-8-16/h4-5,10,14H,2-3,6-9,11H2,1H3. The molecule has 0 radical (unpaired) electrons. The summed E-state index contributed by atoms with van der Waals surface area (Å²) in [7, 11) is 0. The summed E-state index contributed by atoms with van der Waals surface area (Å²) in [5.74, 6) is 0. The number of hydrogen-bond donors (Lipinski definition) is 0. The third-order valence-electron chi connectivity index (χ3n) is 4.56. The number of hydrogen-bond acceptors (Lipinski definition) is 4. The molecule has 0 spiro atoms. The van der Waals surface area contributed by atoms with Crippen molar-refractivity contribution in [2.45, 2.75) is 32.2 Å². The van der Waals surface area contributed by atoms with E-state index in [1.165, 1.54) is 32.4 Å². The van der Waals surface area contributed by atoms with Gasteiger partial charge in [-0.15, -0.1) is 0 Å². The minimum Gasteiger partial charge on any atom is -0.370 e. The van der Waals surface area contributed by atoms with Crippen LogP contribution in [-0.4, -0.2) is 42.0 Å². The van der Waals surface area contributed by atoms with Crippen LogP contribution in [0.1, 0.15) is 24.8 Å². The molecule has 1 unspecified atom stereocenters. The summed E-state index contributed by atoms with van der Waals surface area (Å²) in [6.45, 7) is 6.39. The predicted molar refractivity (Wildman–Crippen MR) is 79.3 cm³/mol. The van der Waals surface area contributed by atoms with E-state index in [2.05, 4.69) is 9.80 Å². The van der Waals surface area contributed by atoms with Crippen molar-refractivity contribution in [1.29, 1.82) is 0 Å². The molecule has 20 heavy (non-hydrogen) atoms. The smallest absolute Gasteiger partial charge is 0.272 e. The van der Waals surface area contributed by atoms with Gasteiger partial charge in [0.15, 0.2) is 0 Å². The van der Waals surface area contributed by atoms with E-state index >= 15 is 0 Å². The van der Waals surface area contributed by atoms with E-state index in [0.29, 0.717) is 6.04 Å². The van der Waals surface area contributed by atoms with Crippen LogP contribution < -0.4 is 4.90 Å². The number of likely N-dealkylation sites (tertiary alicyclic amines) is 1. The number of benzene rings is 1. The Morgan fingerprint density at radius 1 is 1.25 bits per heavy atom. The molecule has 0 saturated carbocycles. The van der Waals surface area contributed by atoms with Crippen LogP contribution in [0.15, 0.2) is 18.2 Å². The summed E-state index contributed by atoms with van der Waals surface area (Å²) < 4.78 is 0. The van der Waals surface area contributed by atoms with Crippen LogP contribution in [0, 0.1) is 17.0 Å². The molecule has 0 bridgehead atoms. The molecule has 2 heterocycles. The number of nitro groups is 1. The predicted octanol–water partition coefficient (Wildman–Crippen LogP) is 2.58. The zero-order valence-electron chi connectivity index (χ0n) is 11.9. The van der Waals surface area contributed by atoms with E-state index in [0.717, 1.165) is 24.3 Å². The van der Waals surface area contributed by atoms with E-state index in [-0.39, 0.29) is 10.6 Å². The molecule has 2 fully saturated rings. The molecule has 5 heteroatoms. The molecule has 2 aliphatic heterocycles. The third kappa shape index (κ3) is 2.50. The lowest BCUT2D eigenvalue weighted by Crippen LogP contribution is -2.35. The van der Waals surface area contributed by atoms with Gasteiger partial charge in [0.25, 0.3) is 5.69 Å². The fraction of sp³-hybridized carbons (Fsp3) is 0.600. The highest BCUT2D eigenvalue weighted by Gasteiger charge is 2.29. The van der Waals surface area contributed by atoms with Gasteiger partial charge in [-0.2, -0.15) is 0 Å². The molecular weight excluding hydrogens is 254 g/mol.